The number of aromatic nitrogens is 1. The van der Waals surface area contributed by atoms with Crippen molar-refractivity contribution in [2.24, 2.45) is 5.73 Å². The van der Waals surface area contributed by atoms with Gasteiger partial charge in [0.15, 0.2) is 0 Å². The van der Waals surface area contributed by atoms with E-state index in [1.165, 1.54) is 0 Å². The van der Waals surface area contributed by atoms with E-state index in [9.17, 15) is 0 Å². The summed E-state index contributed by atoms with van der Waals surface area (Å²) in [7, 11) is 0. The first-order chi connectivity index (χ1) is 7.83. The highest BCUT2D eigenvalue weighted by Crippen LogP contribution is 2.22. The van der Waals surface area contributed by atoms with Gasteiger partial charge in [-0.15, -0.1) is 0 Å². The average molecular weight is 223 g/mol. The van der Waals surface area contributed by atoms with E-state index in [1.54, 1.807) is 6.20 Å². The molecule has 1 atom stereocenters. The molecule has 0 bridgehead atoms. The van der Waals surface area contributed by atoms with Gasteiger partial charge >= 0.3 is 0 Å². The van der Waals surface area contributed by atoms with Crippen LogP contribution in [-0.2, 0) is 4.74 Å². The van der Waals surface area contributed by atoms with Crippen molar-refractivity contribution < 1.29 is 9.84 Å². The predicted octanol–water partition coefficient (Wildman–Crippen LogP) is -0.0897. The van der Waals surface area contributed by atoms with Crippen molar-refractivity contribution in [1.29, 1.82) is 0 Å². The van der Waals surface area contributed by atoms with Crippen LogP contribution in [0.5, 0.6) is 0 Å². The molecule has 0 aromatic carbocycles. The molecule has 5 nitrogen and oxygen atoms in total. The molecular formula is C11H17N3O2. The second-order valence-electron chi connectivity index (χ2n) is 3.80. The smallest absolute Gasteiger partial charge is 0.133 e. The molecule has 2 rings (SSSR count). The van der Waals surface area contributed by atoms with Crippen LogP contribution >= 0.6 is 0 Å². The van der Waals surface area contributed by atoms with Gasteiger partial charge in [0.2, 0.25) is 0 Å². The van der Waals surface area contributed by atoms with E-state index >= 15 is 0 Å². The van der Waals surface area contributed by atoms with Gasteiger partial charge in [-0.2, -0.15) is 0 Å². The maximum absolute atomic E-state index is 9.12. The van der Waals surface area contributed by atoms with Crippen LogP contribution in [0.1, 0.15) is 11.6 Å². The number of anilines is 1. The number of ether oxygens (including phenoxy) is 1. The summed E-state index contributed by atoms with van der Waals surface area (Å²) in [4.78, 5) is 6.50. The molecule has 3 N–H and O–H groups in total. The highest BCUT2D eigenvalue weighted by molar-refractivity contribution is 5.48. The number of hydrogen-bond acceptors (Lipinski definition) is 5. The summed E-state index contributed by atoms with van der Waals surface area (Å²) in [5.74, 6) is 0.868. The molecule has 1 aliphatic heterocycles. The number of hydrogen-bond donors (Lipinski definition) is 2. The molecule has 5 heteroatoms. The van der Waals surface area contributed by atoms with Gasteiger partial charge in [-0.1, -0.05) is 6.07 Å². The lowest BCUT2D eigenvalue weighted by molar-refractivity contribution is 0.122. The summed E-state index contributed by atoms with van der Waals surface area (Å²) in [6.45, 7) is 3.00. The van der Waals surface area contributed by atoms with Crippen molar-refractivity contribution in [2.75, 3.05) is 37.8 Å². The van der Waals surface area contributed by atoms with Crippen molar-refractivity contribution in [3.8, 4) is 0 Å². The number of aliphatic hydroxyl groups is 1. The maximum atomic E-state index is 9.12. The van der Waals surface area contributed by atoms with Crippen LogP contribution in [0.3, 0.4) is 0 Å². The molecule has 1 saturated heterocycles. The third-order valence-corrected chi connectivity index (χ3v) is 2.72. The molecule has 0 saturated carbocycles. The van der Waals surface area contributed by atoms with Gasteiger partial charge < -0.3 is 20.5 Å². The molecule has 0 amide bonds. The van der Waals surface area contributed by atoms with Crippen LogP contribution < -0.4 is 10.6 Å². The minimum absolute atomic E-state index is 0.0664. The Balaban J connectivity index is 2.24. The van der Waals surface area contributed by atoms with Gasteiger partial charge in [0, 0.05) is 24.8 Å². The Morgan fingerprint density at radius 3 is 2.94 bits per heavy atom. The third kappa shape index (κ3) is 2.32. The topological polar surface area (TPSA) is 71.6 Å². The molecule has 1 unspecified atom stereocenters. The molecule has 1 fully saturated rings. The third-order valence-electron chi connectivity index (χ3n) is 2.72. The quantitative estimate of drug-likeness (QED) is 0.749. The number of rotatable bonds is 3. The molecule has 0 radical (unpaired) electrons. The number of morpholine rings is 1. The summed E-state index contributed by atoms with van der Waals surface area (Å²) in [5, 5.41) is 9.12. The van der Waals surface area contributed by atoms with Crippen LogP contribution in [0.15, 0.2) is 18.3 Å². The monoisotopic (exact) mass is 223 g/mol. The average Bonchev–Trinajstić information content (AvgIpc) is 2.39. The Bertz CT molecular complexity index is 340. The van der Waals surface area contributed by atoms with E-state index in [1.807, 2.05) is 12.1 Å². The Labute approximate surface area is 94.8 Å². The largest absolute Gasteiger partial charge is 0.394 e. The minimum atomic E-state index is -0.369. The van der Waals surface area contributed by atoms with E-state index in [0.29, 0.717) is 13.2 Å². The molecule has 1 aliphatic rings. The van der Waals surface area contributed by atoms with Crippen LogP contribution in [0.2, 0.25) is 0 Å². The fraction of sp³-hybridized carbons (Fsp3) is 0.545. The van der Waals surface area contributed by atoms with Crippen molar-refractivity contribution in [3.05, 3.63) is 23.9 Å². The number of pyridine rings is 1. The molecular weight excluding hydrogens is 206 g/mol. The van der Waals surface area contributed by atoms with E-state index in [0.717, 1.165) is 24.5 Å². The van der Waals surface area contributed by atoms with E-state index in [-0.39, 0.29) is 12.6 Å². The molecule has 0 spiro atoms. The summed E-state index contributed by atoms with van der Waals surface area (Å²) in [5.41, 5.74) is 6.75. The highest BCUT2D eigenvalue weighted by Gasteiger charge is 2.18. The van der Waals surface area contributed by atoms with Crippen LogP contribution in [0, 0.1) is 0 Å². The van der Waals surface area contributed by atoms with Crippen LogP contribution in [-0.4, -0.2) is 43.0 Å². The maximum Gasteiger partial charge on any atom is 0.133 e. The number of aliphatic hydroxyl groups excluding tert-OH is 1. The lowest BCUT2D eigenvalue weighted by Gasteiger charge is -2.30. The van der Waals surface area contributed by atoms with E-state index in [2.05, 4.69) is 9.88 Å². The predicted molar refractivity (Wildman–Crippen MR) is 61.3 cm³/mol. The Morgan fingerprint density at radius 2 is 2.25 bits per heavy atom. The standard InChI is InChI=1S/C11H17N3O2/c12-10(8-15)9-2-1-3-13-11(9)14-4-6-16-7-5-14/h1-3,10,15H,4-8,12H2. The Hall–Kier alpha value is -1.17. The molecule has 1 aromatic rings. The van der Waals surface area contributed by atoms with Crippen LogP contribution in [0.4, 0.5) is 5.82 Å². The first-order valence-electron chi connectivity index (χ1n) is 5.47. The van der Waals surface area contributed by atoms with Gasteiger partial charge in [0.05, 0.1) is 25.9 Å². The van der Waals surface area contributed by atoms with Gasteiger partial charge in [0.1, 0.15) is 5.82 Å². The first-order valence-corrected chi connectivity index (χ1v) is 5.47. The van der Waals surface area contributed by atoms with Gasteiger partial charge in [-0.3, -0.25) is 0 Å². The second kappa shape index (κ2) is 5.25. The summed E-state index contributed by atoms with van der Waals surface area (Å²) < 4.78 is 5.30. The highest BCUT2D eigenvalue weighted by atomic mass is 16.5. The van der Waals surface area contributed by atoms with Gasteiger partial charge in [0.25, 0.3) is 0 Å². The second-order valence-corrected chi connectivity index (χ2v) is 3.80. The van der Waals surface area contributed by atoms with Crippen molar-refractivity contribution in [1.82, 2.24) is 4.98 Å². The zero-order chi connectivity index (χ0) is 11.4. The number of nitrogens with two attached hydrogens (primary N) is 1. The van der Waals surface area contributed by atoms with Gasteiger partial charge in [-0.05, 0) is 6.07 Å². The minimum Gasteiger partial charge on any atom is -0.394 e. The molecule has 16 heavy (non-hydrogen) atoms. The van der Waals surface area contributed by atoms with Crippen molar-refractivity contribution in [3.63, 3.8) is 0 Å². The van der Waals surface area contributed by atoms with Gasteiger partial charge in [-0.25, -0.2) is 4.98 Å². The normalized spacial score (nSPS) is 18.5. The van der Waals surface area contributed by atoms with E-state index < -0.39 is 0 Å². The van der Waals surface area contributed by atoms with E-state index in [4.69, 9.17) is 15.6 Å². The molecule has 2 heterocycles. The van der Waals surface area contributed by atoms with Crippen LogP contribution in [0.25, 0.3) is 0 Å². The first kappa shape index (κ1) is 11.3. The Kier molecular flexibility index (Phi) is 3.71. The summed E-state index contributed by atoms with van der Waals surface area (Å²) >= 11 is 0. The lowest BCUT2D eigenvalue weighted by Crippen LogP contribution is -2.38. The fourth-order valence-corrected chi connectivity index (χ4v) is 1.84. The van der Waals surface area contributed by atoms with Crippen molar-refractivity contribution in [2.45, 2.75) is 6.04 Å². The summed E-state index contributed by atoms with van der Waals surface area (Å²) in [6.07, 6.45) is 1.75. The SMILES string of the molecule is NC(CO)c1cccnc1N1CCOCC1. The molecule has 1 aromatic heterocycles. The molecule has 88 valence electrons. The molecule has 0 aliphatic carbocycles. The zero-order valence-corrected chi connectivity index (χ0v) is 9.17. The Morgan fingerprint density at radius 1 is 1.50 bits per heavy atom. The number of nitrogens with zero attached hydrogens (tertiary/aromatic N) is 2. The summed E-state index contributed by atoms with van der Waals surface area (Å²) in [6, 6.07) is 3.39. The fourth-order valence-electron chi connectivity index (χ4n) is 1.84. The lowest BCUT2D eigenvalue weighted by atomic mass is 10.1. The zero-order valence-electron chi connectivity index (χ0n) is 9.17. The van der Waals surface area contributed by atoms with Crippen molar-refractivity contribution >= 4 is 5.82 Å².